The van der Waals surface area contributed by atoms with E-state index in [4.69, 9.17) is 5.11 Å². The van der Waals surface area contributed by atoms with E-state index >= 15 is 0 Å². The van der Waals surface area contributed by atoms with Crippen LogP contribution in [-0.2, 0) is 0 Å². The van der Waals surface area contributed by atoms with Crippen LogP contribution in [0.4, 0.5) is 0 Å². The highest BCUT2D eigenvalue weighted by Gasteiger charge is 2.18. The normalized spacial score (nSPS) is 14.8. The van der Waals surface area contributed by atoms with E-state index < -0.39 is 0 Å². The van der Waals surface area contributed by atoms with Crippen molar-refractivity contribution in [2.75, 3.05) is 19.4 Å². The molecule has 0 amide bonds. The summed E-state index contributed by atoms with van der Waals surface area (Å²) in [5.74, 6) is 1.10. The number of aliphatic hydroxyl groups excluding tert-OH is 1. The lowest BCUT2D eigenvalue weighted by Crippen LogP contribution is -2.27. The molecule has 2 N–H and O–H groups in total. The smallest absolute Gasteiger partial charge is 0.0444 e. The molecule has 12 heavy (non-hydrogen) atoms. The molecule has 0 heterocycles. The fraction of sp³-hybridized carbons (Fsp3) is 1.00. The molecule has 1 unspecified atom stereocenters. The van der Waals surface area contributed by atoms with Crippen LogP contribution in [0.2, 0.25) is 0 Å². The van der Waals surface area contributed by atoms with Gasteiger partial charge in [0.05, 0.1) is 0 Å². The van der Waals surface area contributed by atoms with Gasteiger partial charge in [-0.25, -0.2) is 0 Å². The second-order valence-electron chi connectivity index (χ2n) is 3.73. The highest BCUT2D eigenvalue weighted by Crippen LogP contribution is 2.27. The van der Waals surface area contributed by atoms with Gasteiger partial charge in [-0.1, -0.05) is 13.8 Å². The molecule has 0 rings (SSSR count). The number of hydrogen-bond donors (Lipinski definition) is 2. The molecule has 0 spiro atoms. The summed E-state index contributed by atoms with van der Waals surface area (Å²) in [6.45, 7) is 6.81. The van der Waals surface area contributed by atoms with E-state index in [2.05, 4.69) is 26.1 Å². The van der Waals surface area contributed by atoms with Gasteiger partial charge in [0.25, 0.3) is 0 Å². The number of nitrogens with one attached hydrogen (secondary N) is 1. The molecule has 0 aromatic carbocycles. The molecule has 74 valence electrons. The largest absolute Gasteiger partial charge is 0.396 e. The maximum absolute atomic E-state index is 8.80. The Morgan fingerprint density at radius 2 is 2.08 bits per heavy atom. The molecule has 0 saturated heterocycles. The molecular formula is C9H21NOS. The van der Waals surface area contributed by atoms with Crippen LogP contribution in [0.5, 0.6) is 0 Å². The standard InChI is InChI=1S/C9H21NOS/c1-8(10-4)7-12-9(2,3)5-6-11/h8,10-11H,5-7H2,1-4H3. The van der Waals surface area contributed by atoms with E-state index in [1.54, 1.807) is 0 Å². The first kappa shape index (κ1) is 12.3. The van der Waals surface area contributed by atoms with Crippen molar-refractivity contribution < 1.29 is 5.11 Å². The van der Waals surface area contributed by atoms with E-state index in [0.29, 0.717) is 6.04 Å². The summed E-state index contributed by atoms with van der Waals surface area (Å²) in [4.78, 5) is 0. The summed E-state index contributed by atoms with van der Waals surface area (Å²) in [6, 6.07) is 0.549. The molecule has 0 aromatic rings. The molecule has 0 radical (unpaired) electrons. The van der Waals surface area contributed by atoms with Crippen molar-refractivity contribution in [1.82, 2.24) is 5.32 Å². The highest BCUT2D eigenvalue weighted by molar-refractivity contribution is 8.00. The zero-order valence-electron chi connectivity index (χ0n) is 8.55. The first-order chi connectivity index (χ1) is 5.52. The van der Waals surface area contributed by atoms with E-state index in [-0.39, 0.29) is 11.4 Å². The summed E-state index contributed by atoms with van der Waals surface area (Å²) in [5.41, 5.74) is 0. The predicted molar refractivity (Wildman–Crippen MR) is 56.8 cm³/mol. The first-order valence-corrected chi connectivity index (χ1v) is 5.42. The summed E-state index contributed by atoms with van der Waals surface area (Å²) < 4.78 is 0.208. The quantitative estimate of drug-likeness (QED) is 0.667. The van der Waals surface area contributed by atoms with Crippen LogP contribution in [0.1, 0.15) is 27.2 Å². The van der Waals surface area contributed by atoms with Gasteiger partial charge in [0, 0.05) is 23.1 Å². The molecule has 2 nitrogen and oxygen atoms in total. The van der Waals surface area contributed by atoms with Gasteiger partial charge in [0.1, 0.15) is 0 Å². The first-order valence-electron chi connectivity index (χ1n) is 4.44. The van der Waals surface area contributed by atoms with Crippen LogP contribution in [0.3, 0.4) is 0 Å². The van der Waals surface area contributed by atoms with Gasteiger partial charge in [-0.2, -0.15) is 11.8 Å². The maximum atomic E-state index is 8.80. The average Bonchev–Trinajstić information content (AvgIpc) is 2.00. The monoisotopic (exact) mass is 191 g/mol. The molecule has 0 aliphatic rings. The number of aliphatic hydroxyl groups is 1. The van der Waals surface area contributed by atoms with E-state index in [1.807, 2.05) is 18.8 Å². The van der Waals surface area contributed by atoms with Crippen molar-refractivity contribution in [3.63, 3.8) is 0 Å². The zero-order valence-corrected chi connectivity index (χ0v) is 9.37. The third-order valence-corrected chi connectivity index (χ3v) is 3.58. The van der Waals surface area contributed by atoms with E-state index in [9.17, 15) is 0 Å². The molecule has 0 aromatic heterocycles. The van der Waals surface area contributed by atoms with Crippen LogP contribution in [0, 0.1) is 0 Å². The minimum absolute atomic E-state index is 0.208. The molecular weight excluding hydrogens is 170 g/mol. The summed E-state index contributed by atoms with van der Waals surface area (Å²) in [7, 11) is 1.98. The second kappa shape index (κ2) is 5.84. The van der Waals surface area contributed by atoms with Gasteiger partial charge in [-0.05, 0) is 20.4 Å². The topological polar surface area (TPSA) is 32.3 Å². The minimum atomic E-state index is 0.208. The SMILES string of the molecule is CNC(C)CSC(C)(C)CCO. The molecule has 0 saturated carbocycles. The van der Waals surface area contributed by atoms with Gasteiger partial charge in [0.15, 0.2) is 0 Å². The molecule has 0 bridgehead atoms. The lowest BCUT2D eigenvalue weighted by atomic mass is 10.1. The summed E-state index contributed by atoms with van der Waals surface area (Å²) >= 11 is 1.91. The van der Waals surface area contributed by atoms with Crippen molar-refractivity contribution >= 4 is 11.8 Å². The van der Waals surface area contributed by atoms with Gasteiger partial charge >= 0.3 is 0 Å². The molecule has 0 aliphatic carbocycles. The second-order valence-corrected chi connectivity index (χ2v) is 5.46. The Morgan fingerprint density at radius 3 is 2.50 bits per heavy atom. The zero-order chi connectivity index (χ0) is 9.61. The average molecular weight is 191 g/mol. The lowest BCUT2D eigenvalue weighted by molar-refractivity contribution is 0.275. The fourth-order valence-electron chi connectivity index (χ4n) is 0.775. The number of rotatable bonds is 6. The lowest BCUT2D eigenvalue weighted by Gasteiger charge is -2.24. The highest BCUT2D eigenvalue weighted by atomic mass is 32.2. The van der Waals surface area contributed by atoms with Crippen molar-refractivity contribution in [3.8, 4) is 0 Å². The van der Waals surface area contributed by atoms with Crippen LogP contribution < -0.4 is 5.32 Å². The summed E-state index contributed by atoms with van der Waals surface area (Å²) in [5, 5.41) is 12.0. The third kappa shape index (κ3) is 5.86. The van der Waals surface area contributed by atoms with Crippen LogP contribution in [-0.4, -0.2) is 35.3 Å². The minimum Gasteiger partial charge on any atom is -0.396 e. The number of thioether (sulfide) groups is 1. The van der Waals surface area contributed by atoms with Crippen molar-refractivity contribution in [3.05, 3.63) is 0 Å². The number of hydrogen-bond acceptors (Lipinski definition) is 3. The Morgan fingerprint density at radius 1 is 1.50 bits per heavy atom. The van der Waals surface area contributed by atoms with Crippen molar-refractivity contribution in [2.24, 2.45) is 0 Å². The van der Waals surface area contributed by atoms with Crippen LogP contribution >= 0.6 is 11.8 Å². The van der Waals surface area contributed by atoms with Gasteiger partial charge in [-0.15, -0.1) is 0 Å². The predicted octanol–water partition coefficient (Wildman–Crippen LogP) is 1.49. The Hall–Kier alpha value is 0.270. The van der Waals surface area contributed by atoms with Gasteiger partial charge in [-0.3, -0.25) is 0 Å². The van der Waals surface area contributed by atoms with E-state index in [1.165, 1.54) is 0 Å². The third-order valence-electron chi connectivity index (χ3n) is 1.93. The Bertz CT molecular complexity index is 117. The molecule has 1 atom stereocenters. The van der Waals surface area contributed by atoms with Gasteiger partial charge < -0.3 is 10.4 Å². The molecule has 0 fully saturated rings. The van der Waals surface area contributed by atoms with Gasteiger partial charge in [0.2, 0.25) is 0 Å². The van der Waals surface area contributed by atoms with E-state index in [0.717, 1.165) is 12.2 Å². The maximum Gasteiger partial charge on any atom is 0.0444 e. The Balaban J connectivity index is 3.59. The van der Waals surface area contributed by atoms with Crippen LogP contribution in [0.25, 0.3) is 0 Å². The summed E-state index contributed by atoms with van der Waals surface area (Å²) in [6.07, 6.45) is 0.869. The molecule has 0 aliphatic heterocycles. The Labute approximate surface area is 80.1 Å². The van der Waals surface area contributed by atoms with Crippen molar-refractivity contribution in [2.45, 2.75) is 38.0 Å². The van der Waals surface area contributed by atoms with Crippen LogP contribution in [0.15, 0.2) is 0 Å². The van der Waals surface area contributed by atoms with Crippen molar-refractivity contribution in [1.29, 1.82) is 0 Å². The Kier molecular flexibility index (Phi) is 5.97. The molecule has 3 heteroatoms. The fourth-order valence-corrected chi connectivity index (χ4v) is 1.88.